The number of imidazole rings is 1. The molecule has 2 aromatic rings. The highest BCUT2D eigenvalue weighted by Gasteiger charge is 2.34. The van der Waals surface area contributed by atoms with Gasteiger partial charge in [0, 0.05) is 18.3 Å². The molecule has 0 fully saturated rings. The summed E-state index contributed by atoms with van der Waals surface area (Å²) in [5, 5.41) is 45.2. The summed E-state index contributed by atoms with van der Waals surface area (Å²) in [6, 6.07) is 0.509. The fraction of sp³-hybridized carbons (Fsp3) is 0.435. The van der Waals surface area contributed by atoms with Crippen molar-refractivity contribution in [2.24, 2.45) is 5.73 Å². The number of nitrogens with zero attached hydrogens (tertiary/aromatic N) is 1. The van der Waals surface area contributed by atoms with Crippen molar-refractivity contribution in [2.75, 3.05) is 0 Å². The maximum Gasteiger partial charge on any atom is 0.328 e. The lowest BCUT2D eigenvalue weighted by Gasteiger charge is -2.27. The largest absolute Gasteiger partial charge is 0.508 e. The molecule has 0 aliphatic carbocycles. The third-order valence-corrected chi connectivity index (χ3v) is 5.45. The maximum absolute atomic E-state index is 13.1. The van der Waals surface area contributed by atoms with E-state index in [1.54, 1.807) is 12.1 Å². The molecule has 0 radical (unpaired) electrons. The van der Waals surface area contributed by atoms with E-state index in [1.807, 2.05) is 0 Å². The Bertz CT molecular complexity index is 1060. The summed E-state index contributed by atoms with van der Waals surface area (Å²) < 4.78 is 0. The van der Waals surface area contributed by atoms with Crippen molar-refractivity contribution in [3.05, 3.63) is 48.0 Å². The molecule has 14 heteroatoms. The molecule has 6 unspecified atom stereocenters. The first kappa shape index (κ1) is 29.2. The number of aliphatic carboxylic acids is 1. The van der Waals surface area contributed by atoms with Crippen LogP contribution in [-0.2, 0) is 32.0 Å². The zero-order valence-corrected chi connectivity index (χ0v) is 20.3. The van der Waals surface area contributed by atoms with Crippen LogP contribution in [0.15, 0.2) is 36.8 Å². The molecule has 0 aliphatic heterocycles. The Hall–Kier alpha value is -4.01. The number of aromatic hydroxyl groups is 1. The Morgan fingerprint density at radius 3 is 2.03 bits per heavy atom. The molecule has 0 saturated heterocycles. The Kier molecular flexibility index (Phi) is 10.5. The van der Waals surface area contributed by atoms with Gasteiger partial charge in [-0.1, -0.05) is 12.1 Å². The van der Waals surface area contributed by atoms with E-state index in [0.717, 1.165) is 6.92 Å². The Morgan fingerprint density at radius 1 is 0.919 bits per heavy atom. The summed E-state index contributed by atoms with van der Waals surface area (Å²) in [6.07, 6.45) is -0.0530. The van der Waals surface area contributed by atoms with Crippen molar-refractivity contribution >= 4 is 23.7 Å². The van der Waals surface area contributed by atoms with Crippen molar-refractivity contribution in [1.29, 1.82) is 0 Å². The molecule has 1 aromatic carbocycles. The van der Waals surface area contributed by atoms with Gasteiger partial charge in [-0.3, -0.25) is 14.4 Å². The summed E-state index contributed by atoms with van der Waals surface area (Å²) in [5.74, 6) is -4.04. The molecule has 6 atom stereocenters. The summed E-state index contributed by atoms with van der Waals surface area (Å²) in [7, 11) is 0. The molecule has 14 nitrogen and oxygen atoms in total. The van der Waals surface area contributed by atoms with E-state index >= 15 is 0 Å². The lowest BCUT2D eigenvalue weighted by Crippen LogP contribution is -2.61. The number of aliphatic hydroxyl groups is 2. The lowest BCUT2D eigenvalue weighted by molar-refractivity contribution is -0.146. The lowest BCUT2D eigenvalue weighted by atomic mass is 10.0. The molecule has 1 aromatic heterocycles. The van der Waals surface area contributed by atoms with Crippen molar-refractivity contribution in [3.8, 4) is 5.75 Å². The number of phenolic OH excluding ortho intramolecular Hbond substituents is 1. The third-order valence-electron chi connectivity index (χ3n) is 5.45. The first-order valence-corrected chi connectivity index (χ1v) is 11.4. The first-order chi connectivity index (χ1) is 17.4. The van der Waals surface area contributed by atoms with Crippen molar-refractivity contribution < 1.29 is 39.6 Å². The van der Waals surface area contributed by atoms with Crippen LogP contribution in [0.5, 0.6) is 5.75 Å². The molecule has 0 spiro atoms. The average molecular weight is 521 g/mol. The van der Waals surface area contributed by atoms with Crippen LogP contribution in [0.25, 0.3) is 0 Å². The highest BCUT2D eigenvalue weighted by atomic mass is 16.4. The van der Waals surface area contributed by atoms with Gasteiger partial charge in [-0.25, -0.2) is 9.78 Å². The van der Waals surface area contributed by atoms with Crippen molar-refractivity contribution in [2.45, 2.75) is 63.1 Å². The number of hydrogen-bond donors (Lipinski definition) is 9. The number of benzene rings is 1. The Balaban J connectivity index is 2.16. The van der Waals surface area contributed by atoms with Crippen LogP contribution in [0, 0.1) is 0 Å². The molecular weight excluding hydrogens is 488 g/mol. The van der Waals surface area contributed by atoms with Gasteiger partial charge in [-0.2, -0.15) is 0 Å². The summed E-state index contributed by atoms with van der Waals surface area (Å²) >= 11 is 0. The maximum atomic E-state index is 13.1. The molecule has 37 heavy (non-hydrogen) atoms. The van der Waals surface area contributed by atoms with E-state index in [4.69, 9.17) is 5.73 Å². The number of aromatic amines is 1. The number of carbonyl (C=O) groups excluding carboxylic acids is 3. The molecule has 1 heterocycles. The molecule has 10 N–H and O–H groups in total. The molecule has 202 valence electrons. The predicted octanol–water partition coefficient (Wildman–Crippen LogP) is -2.47. The number of aromatic nitrogens is 2. The number of H-pyrrole nitrogens is 1. The van der Waals surface area contributed by atoms with Gasteiger partial charge >= 0.3 is 5.97 Å². The molecule has 2 rings (SSSR count). The van der Waals surface area contributed by atoms with Gasteiger partial charge in [0.2, 0.25) is 17.7 Å². The van der Waals surface area contributed by atoms with Gasteiger partial charge in [0.15, 0.2) is 6.04 Å². The van der Waals surface area contributed by atoms with E-state index in [2.05, 4.69) is 25.9 Å². The van der Waals surface area contributed by atoms with Gasteiger partial charge < -0.3 is 47.1 Å². The number of rotatable bonds is 13. The van der Waals surface area contributed by atoms with Gasteiger partial charge in [0.25, 0.3) is 0 Å². The normalized spacial score (nSPS) is 15.9. The second kappa shape index (κ2) is 13.3. The zero-order valence-electron chi connectivity index (χ0n) is 20.3. The second-order valence-corrected chi connectivity index (χ2v) is 8.61. The summed E-state index contributed by atoms with van der Waals surface area (Å²) in [5.41, 5.74) is 7.16. The number of nitrogens with one attached hydrogen (secondary N) is 4. The van der Waals surface area contributed by atoms with Crippen molar-refractivity contribution in [3.63, 3.8) is 0 Å². The van der Waals surface area contributed by atoms with E-state index in [1.165, 1.54) is 31.6 Å². The number of carboxylic acids is 1. The van der Waals surface area contributed by atoms with Gasteiger partial charge in [-0.05, 0) is 38.0 Å². The SMILES string of the molecule is CC(O)C(NC(=O)C(NC(=O)C(Cc1cnc[nH]1)NC(=O)C(N)Cc1ccc(O)cc1)C(C)O)C(=O)O. The van der Waals surface area contributed by atoms with E-state index in [9.17, 15) is 39.6 Å². The van der Waals surface area contributed by atoms with Crippen LogP contribution >= 0.6 is 0 Å². The standard InChI is InChI=1S/C23H32N6O8/c1-11(30)18(22(35)29-19(12(2)31)23(36)37)28-21(34)17(8-14-9-25-10-26-14)27-20(33)16(24)7-13-3-5-15(32)6-4-13/h3-6,9-12,16-19,30-32H,7-8,24H2,1-2H3,(H,25,26)(H,27,33)(H,28,34)(H,29,35)(H,36,37). The number of nitrogens with two attached hydrogens (primary N) is 1. The summed E-state index contributed by atoms with van der Waals surface area (Å²) in [4.78, 5) is 56.5. The topological polar surface area (TPSA) is 240 Å². The Labute approximate surface area is 212 Å². The minimum Gasteiger partial charge on any atom is -0.508 e. The van der Waals surface area contributed by atoms with E-state index < -0.39 is 60.1 Å². The zero-order chi connectivity index (χ0) is 27.7. The third kappa shape index (κ3) is 8.86. The van der Waals surface area contributed by atoms with Crippen LogP contribution in [-0.4, -0.2) is 90.5 Å². The monoisotopic (exact) mass is 520 g/mol. The molecule has 0 bridgehead atoms. The first-order valence-electron chi connectivity index (χ1n) is 11.4. The fourth-order valence-electron chi connectivity index (χ4n) is 3.37. The molecule has 0 aliphatic rings. The minimum atomic E-state index is -1.68. The quantitative estimate of drug-likeness (QED) is 0.135. The highest BCUT2D eigenvalue weighted by Crippen LogP contribution is 2.11. The van der Waals surface area contributed by atoms with Crippen LogP contribution in [0.2, 0.25) is 0 Å². The fourth-order valence-corrected chi connectivity index (χ4v) is 3.37. The highest BCUT2D eigenvalue weighted by molar-refractivity contribution is 5.94. The van der Waals surface area contributed by atoms with Gasteiger partial charge in [-0.15, -0.1) is 0 Å². The number of hydrogen-bond acceptors (Lipinski definition) is 9. The minimum absolute atomic E-state index is 0.0536. The molecule has 3 amide bonds. The average Bonchev–Trinajstić information content (AvgIpc) is 3.34. The summed E-state index contributed by atoms with van der Waals surface area (Å²) in [6.45, 7) is 2.37. The smallest absolute Gasteiger partial charge is 0.328 e. The van der Waals surface area contributed by atoms with Gasteiger partial charge in [0.1, 0.15) is 17.8 Å². The second-order valence-electron chi connectivity index (χ2n) is 8.61. The number of amides is 3. The van der Waals surface area contributed by atoms with Crippen molar-refractivity contribution in [1.82, 2.24) is 25.9 Å². The van der Waals surface area contributed by atoms with Crippen LogP contribution in [0.4, 0.5) is 0 Å². The molecular formula is C23H32N6O8. The number of aliphatic hydroxyl groups excluding tert-OH is 2. The number of carboxylic acid groups (broad SMARTS) is 1. The predicted molar refractivity (Wildman–Crippen MR) is 129 cm³/mol. The van der Waals surface area contributed by atoms with Crippen LogP contribution < -0.4 is 21.7 Å². The van der Waals surface area contributed by atoms with E-state index in [-0.39, 0.29) is 18.6 Å². The van der Waals surface area contributed by atoms with Gasteiger partial charge in [0.05, 0.1) is 24.6 Å². The number of carbonyl (C=O) groups is 4. The molecule has 0 saturated carbocycles. The van der Waals surface area contributed by atoms with E-state index in [0.29, 0.717) is 11.3 Å². The van der Waals surface area contributed by atoms with Crippen LogP contribution in [0.3, 0.4) is 0 Å². The Morgan fingerprint density at radius 2 is 1.51 bits per heavy atom. The van der Waals surface area contributed by atoms with Crippen LogP contribution in [0.1, 0.15) is 25.1 Å². The number of phenols is 1.